The van der Waals surface area contributed by atoms with Gasteiger partial charge in [0.1, 0.15) is 11.3 Å². The van der Waals surface area contributed by atoms with Gasteiger partial charge in [0.2, 0.25) is 5.76 Å². The number of carbonyl (C=O) groups is 2. The van der Waals surface area contributed by atoms with Crippen LogP contribution >= 0.6 is 0 Å². The maximum Gasteiger partial charge on any atom is 0.335 e. The summed E-state index contributed by atoms with van der Waals surface area (Å²) in [5.74, 6) is -1.71. The van der Waals surface area contributed by atoms with Gasteiger partial charge < -0.3 is 19.2 Å². The van der Waals surface area contributed by atoms with E-state index in [1.807, 2.05) is 0 Å². The van der Waals surface area contributed by atoms with Crippen LogP contribution in [-0.4, -0.2) is 56.6 Å². The van der Waals surface area contributed by atoms with Gasteiger partial charge in [-0.05, 0) is 36.4 Å². The number of hydrogen-bond donors (Lipinski definition) is 2. The Morgan fingerprint density at radius 2 is 1.67 bits per heavy atom. The zero-order chi connectivity index (χ0) is 21.3. The lowest BCUT2D eigenvalue weighted by Gasteiger charge is -2.26. The number of nitrogens with zero attached hydrogens (tertiary/aromatic N) is 1. The van der Waals surface area contributed by atoms with E-state index in [2.05, 4.69) is 4.72 Å². The van der Waals surface area contributed by atoms with Crippen LogP contribution in [0.4, 0.5) is 5.69 Å². The van der Waals surface area contributed by atoms with Crippen LogP contribution in [0.15, 0.2) is 57.8 Å². The summed E-state index contributed by atoms with van der Waals surface area (Å²) in [6, 6.07) is 11.5. The number of rotatable bonds is 5. The lowest BCUT2D eigenvalue weighted by Crippen LogP contribution is -2.40. The minimum atomic E-state index is -4.10. The number of sulfonamides is 1. The van der Waals surface area contributed by atoms with Gasteiger partial charge in [0.25, 0.3) is 15.9 Å². The first-order chi connectivity index (χ1) is 14.4. The van der Waals surface area contributed by atoms with Crippen molar-refractivity contribution >= 4 is 38.6 Å². The number of hydrogen-bond acceptors (Lipinski definition) is 6. The van der Waals surface area contributed by atoms with Crippen molar-refractivity contribution in [1.29, 1.82) is 0 Å². The van der Waals surface area contributed by atoms with E-state index < -0.39 is 21.9 Å². The van der Waals surface area contributed by atoms with Gasteiger partial charge in [-0.15, -0.1) is 0 Å². The summed E-state index contributed by atoms with van der Waals surface area (Å²) in [6.07, 6.45) is 0. The molecule has 0 aliphatic carbocycles. The number of carboxylic acids is 1. The second-order valence-corrected chi connectivity index (χ2v) is 8.32. The van der Waals surface area contributed by atoms with Gasteiger partial charge in [0.05, 0.1) is 23.7 Å². The molecule has 3 aromatic rings. The largest absolute Gasteiger partial charge is 0.478 e. The van der Waals surface area contributed by atoms with Gasteiger partial charge in [-0.3, -0.25) is 9.52 Å². The first kappa shape index (κ1) is 19.9. The molecular formula is C20H18N2O7S. The van der Waals surface area contributed by atoms with Crippen LogP contribution in [0.3, 0.4) is 0 Å². The Kier molecular flexibility index (Phi) is 5.18. The molecule has 1 fully saturated rings. The highest BCUT2D eigenvalue weighted by molar-refractivity contribution is 7.92. The summed E-state index contributed by atoms with van der Waals surface area (Å²) in [5.41, 5.74) is 0.378. The maximum atomic E-state index is 13.0. The van der Waals surface area contributed by atoms with E-state index in [9.17, 15) is 18.0 Å². The van der Waals surface area contributed by atoms with Crippen LogP contribution in [0, 0.1) is 0 Å². The minimum absolute atomic E-state index is 0.0362. The fraction of sp³-hybridized carbons (Fsp3) is 0.200. The average Bonchev–Trinajstić information content (AvgIpc) is 3.12. The molecule has 10 heteroatoms. The molecule has 0 radical (unpaired) electrons. The Morgan fingerprint density at radius 3 is 2.33 bits per heavy atom. The highest BCUT2D eigenvalue weighted by atomic mass is 32.2. The van der Waals surface area contributed by atoms with Crippen LogP contribution in [0.2, 0.25) is 0 Å². The molecule has 1 amide bonds. The van der Waals surface area contributed by atoms with Crippen LogP contribution in [-0.2, 0) is 14.8 Å². The number of nitrogens with one attached hydrogen (secondary N) is 1. The smallest absolute Gasteiger partial charge is 0.335 e. The zero-order valence-electron chi connectivity index (χ0n) is 15.7. The summed E-state index contributed by atoms with van der Waals surface area (Å²) in [4.78, 5) is 25.4. The molecule has 4 rings (SSSR count). The van der Waals surface area contributed by atoms with Gasteiger partial charge in [-0.2, -0.15) is 0 Å². The molecule has 9 nitrogen and oxygen atoms in total. The number of furan rings is 1. The van der Waals surface area contributed by atoms with Gasteiger partial charge in [0.15, 0.2) is 0 Å². The quantitative estimate of drug-likeness (QED) is 0.636. The predicted octanol–water partition coefficient (Wildman–Crippen LogP) is 2.40. The van der Waals surface area contributed by atoms with Crippen LogP contribution in [0.5, 0.6) is 0 Å². The van der Waals surface area contributed by atoms with Gasteiger partial charge >= 0.3 is 5.97 Å². The van der Waals surface area contributed by atoms with Gasteiger partial charge in [-0.25, -0.2) is 13.2 Å². The first-order valence-corrected chi connectivity index (χ1v) is 10.6. The van der Waals surface area contributed by atoms with Gasteiger partial charge in [0, 0.05) is 18.5 Å². The third kappa shape index (κ3) is 3.74. The highest BCUT2D eigenvalue weighted by Gasteiger charge is 2.29. The third-order valence-corrected chi connectivity index (χ3v) is 6.10. The minimum Gasteiger partial charge on any atom is -0.478 e. The van der Waals surface area contributed by atoms with Crippen molar-refractivity contribution < 1.29 is 32.3 Å². The second-order valence-electron chi connectivity index (χ2n) is 6.64. The zero-order valence-corrected chi connectivity index (χ0v) is 16.5. The summed E-state index contributed by atoms with van der Waals surface area (Å²) < 4.78 is 39.3. The fourth-order valence-electron chi connectivity index (χ4n) is 3.18. The van der Waals surface area contributed by atoms with E-state index in [1.165, 1.54) is 24.3 Å². The number of anilines is 1. The summed E-state index contributed by atoms with van der Waals surface area (Å²) in [6.45, 7) is 1.53. The molecule has 2 aromatic carbocycles. The molecule has 0 unspecified atom stereocenters. The predicted molar refractivity (Wildman–Crippen MR) is 107 cm³/mol. The number of fused-ring (bicyclic) bond motifs is 1. The van der Waals surface area contributed by atoms with Crippen LogP contribution in [0.1, 0.15) is 20.9 Å². The molecule has 0 spiro atoms. The SMILES string of the molecule is O=C(O)c1ccc(S(=O)(=O)Nc2c(C(=O)N3CCOCC3)oc3ccccc23)cc1. The monoisotopic (exact) mass is 430 g/mol. The number of aromatic carboxylic acids is 1. The number of amides is 1. The van der Waals surface area contributed by atoms with Crippen molar-refractivity contribution in [3.63, 3.8) is 0 Å². The summed E-state index contributed by atoms with van der Waals surface area (Å²) in [7, 11) is -4.10. The number of para-hydroxylation sites is 1. The molecule has 0 saturated carbocycles. The van der Waals surface area contributed by atoms with Crippen LogP contribution < -0.4 is 4.72 Å². The van der Waals surface area contributed by atoms with E-state index in [0.29, 0.717) is 37.3 Å². The number of carbonyl (C=O) groups excluding carboxylic acids is 1. The average molecular weight is 430 g/mol. The molecule has 0 bridgehead atoms. The lowest BCUT2D eigenvalue weighted by molar-refractivity contribution is 0.0285. The van der Waals surface area contributed by atoms with Crippen molar-refractivity contribution in [3.05, 3.63) is 59.9 Å². The number of morpholine rings is 1. The Labute approximate surface area is 171 Å². The van der Waals surface area contributed by atoms with Crippen molar-refractivity contribution in [3.8, 4) is 0 Å². The van der Waals surface area contributed by atoms with Crippen molar-refractivity contribution in [2.24, 2.45) is 0 Å². The molecule has 1 aliphatic heterocycles. The molecule has 1 aliphatic rings. The molecule has 1 saturated heterocycles. The fourth-order valence-corrected chi connectivity index (χ4v) is 4.26. The summed E-state index contributed by atoms with van der Waals surface area (Å²) in [5, 5.41) is 9.44. The van der Waals surface area contributed by atoms with E-state index in [1.54, 1.807) is 29.2 Å². The van der Waals surface area contributed by atoms with E-state index >= 15 is 0 Å². The topological polar surface area (TPSA) is 126 Å². The standard InChI is InChI=1S/C20H18N2O7S/c23-19(22-9-11-28-12-10-22)18-17(15-3-1-2-4-16(15)29-18)21-30(26,27)14-7-5-13(6-8-14)20(24)25/h1-8,21H,9-12H2,(H,24,25). The molecular weight excluding hydrogens is 412 g/mol. The Hall–Kier alpha value is -3.37. The highest BCUT2D eigenvalue weighted by Crippen LogP contribution is 2.33. The normalized spacial score (nSPS) is 14.6. The van der Waals surface area contributed by atoms with Gasteiger partial charge in [-0.1, -0.05) is 12.1 Å². The molecule has 2 N–H and O–H groups in total. The van der Waals surface area contributed by atoms with E-state index in [0.717, 1.165) is 0 Å². The lowest BCUT2D eigenvalue weighted by atomic mass is 10.2. The molecule has 156 valence electrons. The number of ether oxygens (including phenoxy) is 1. The molecule has 2 heterocycles. The Bertz CT molecular complexity index is 1210. The number of carboxylic acid groups (broad SMARTS) is 1. The van der Waals surface area contributed by atoms with E-state index in [4.69, 9.17) is 14.3 Å². The Morgan fingerprint density at radius 1 is 1.00 bits per heavy atom. The van der Waals surface area contributed by atoms with Crippen molar-refractivity contribution in [2.75, 3.05) is 31.0 Å². The summed E-state index contributed by atoms with van der Waals surface area (Å²) >= 11 is 0. The molecule has 0 atom stereocenters. The first-order valence-electron chi connectivity index (χ1n) is 9.11. The third-order valence-electron chi connectivity index (χ3n) is 4.74. The van der Waals surface area contributed by atoms with Crippen molar-refractivity contribution in [2.45, 2.75) is 4.90 Å². The van der Waals surface area contributed by atoms with E-state index in [-0.39, 0.29) is 21.9 Å². The second kappa shape index (κ2) is 7.81. The maximum absolute atomic E-state index is 13.0. The van der Waals surface area contributed by atoms with Crippen molar-refractivity contribution in [1.82, 2.24) is 4.90 Å². The number of benzene rings is 2. The molecule has 1 aromatic heterocycles. The van der Waals surface area contributed by atoms with Crippen LogP contribution in [0.25, 0.3) is 11.0 Å². The Balaban J connectivity index is 1.73. The molecule has 30 heavy (non-hydrogen) atoms.